The molecule has 0 fully saturated rings. The lowest BCUT2D eigenvalue weighted by Crippen LogP contribution is -2.12. The third-order valence-corrected chi connectivity index (χ3v) is 0.806. The van der Waals surface area contributed by atoms with Gasteiger partial charge in [-0.2, -0.15) is 17.9 Å². The van der Waals surface area contributed by atoms with Gasteiger partial charge in [0.05, 0.1) is 0 Å². The van der Waals surface area contributed by atoms with Crippen molar-refractivity contribution in [3.63, 3.8) is 0 Å². The first kappa shape index (κ1) is 6.64. The van der Waals surface area contributed by atoms with Crippen LogP contribution in [0.15, 0.2) is 0 Å². The highest BCUT2D eigenvalue weighted by atomic mass is 32.1. The molecule has 0 bridgehead atoms. The molecule has 7 heavy (non-hydrogen) atoms. The SMILES string of the molecule is CN(C#N)CCS. The van der Waals surface area contributed by atoms with E-state index in [1.54, 1.807) is 7.05 Å². The van der Waals surface area contributed by atoms with Gasteiger partial charge in [-0.3, -0.25) is 0 Å². The van der Waals surface area contributed by atoms with Gasteiger partial charge in [0.25, 0.3) is 0 Å². The lowest BCUT2D eigenvalue weighted by atomic mass is 10.7. The van der Waals surface area contributed by atoms with Crippen LogP contribution in [0.3, 0.4) is 0 Å². The van der Waals surface area contributed by atoms with E-state index in [1.165, 1.54) is 4.90 Å². The topological polar surface area (TPSA) is 27.0 Å². The van der Waals surface area contributed by atoms with Crippen molar-refractivity contribution in [1.29, 1.82) is 5.26 Å². The van der Waals surface area contributed by atoms with E-state index in [2.05, 4.69) is 12.6 Å². The second-order valence-corrected chi connectivity index (χ2v) is 1.69. The summed E-state index contributed by atoms with van der Waals surface area (Å²) in [6.07, 6.45) is 1.95. The minimum atomic E-state index is 0.736. The van der Waals surface area contributed by atoms with Gasteiger partial charge in [-0.1, -0.05) is 0 Å². The van der Waals surface area contributed by atoms with E-state index >= 15 is 0 Å². The molecule has 3 heteroatoms. The quantitative estimate of drug-likeness (QED) is 0.320. The molecular weight excluding hydrogens is 108 g/mol. The van der Waals surface area contributed by atoms with Crippen LogP contribution in [0.25, 0.3) is 0 Å². The maximum atomic E-state index is 8.11. The zero-order chi connectivity index (χ0) is 5.70. The summed E-state index contributed by atoms with van der Waals surface area (Å²) in [6.45, 7) is 0.736. The summed E-state index contributed by atoms with van der Waals surface area (Å²) >= 11 is 3.92. The van der Waals surface area contributed by atoms with E-state index in [0.717, 1.165) is 12.3 Å². The largest absolute Gasteiger partial charge is 0.313 e. The van der Waals surface area contributed by atoms with Crippen molar-refractivity contribution in [3.05, 3.63) is 0 Å². The highest BCUT2D eigenvalue weighted by molar-refractivity contribution is 7.80. The van der Waals surface area contributed by atoms with Crippen LogP contribution in [0, 0.1) is 11.5 Å². The van der Waals surface area contributed by atoms with Crippen molar-refractivity contribution in [2.75, 3.05) is 19.3 Å². The van der Waals surface area contributed by atoms with Gasteiger partial charge in [0.2, 0.25) is 0 Å². The molecule has 0 atom stereocenters. The monoisotopic (exact) mass is 116 g/mol. The molecule has 0 unspecified atom stereocenters. The first-order chi connectivity index (χ1) is 3.31. The summed E-state index contributed by atoms with van der Waals surface area (Å²) in [4.78, 5) is 1.53. The number of rotatable bonds is 2. The average molecular weight is 116 g/mol. The number of hydrogen-bond donors (Lipinski definition) is 1. The smallest absolute Gasteiger partial charge is 0.179 e. The molecule has 0 rings (SSSR count). The van der Waals surface area contributed by atoms with Crippen LogP contribution in [-0.4, -0.2) is 24.2 Å². The van der Waals surface area contributed by atoms with Gasteiger partial charge in [0.15, 0.2) is 6.19 Å². The van der Waals surface area contributed by atoms with Gasteiger partial charge >= 0.3 is 0 Å². The molecule has 0 amide bonds. The minimum absolute atomic E-state index is 0.736. The summed E-state index contributed by atoms with van der Waals surface area (Å²) in [7, 11) is 1.73. The van der Waals surface area contributed by atoms with Crippen LogP contribution >= 0.6 is 12.6 Å². The molecule has 0 aliphatic carbocycles. The first-order valence-electron chi connectivity index (χ1n) is 2.03. The summed E-state index contributed by atoms with van der Waals surface area (Å²) in [6, 6.07) is 0. The van der Waals surface area contributed by atoms with Crippen molar-refractivity contribution in [2.24, 2.45) is 0 Å². The highest BCUT2D eigenvalue weighted by Gasteiger charge is 1.85. The molecule has 0 radical (unpaired) electrons. The lowest BCUT2D eigenvalue weighted by Gasteiger charge is -2.02. The second kappa shape index (κ2) is 3.82. The Morgan fingerprint density at radius 2 is 2.43 bits per heavy atom. The Labute approximate surface area is 49.1 Å². The summed E-state index contributed by atoms with van der Waals surface area (Å²) < 4.78 is 0. The predicted octanol–water partition coefficient (Wildman–Crippen LogP) is 0.329. The summed E-state index contributed by atoms with van der Waals surface area (Å²) in [5.41, 5.74) is 0. The maximum Gasteiger partial charge on any atom is 0.179 e. The molecule has 0 N–H and O–H groups in total. The van der Waals surface area contributed by atoms with Crippen LogP contribution in [0.5, 0.6) is 0 Å². The fourth-order valence-electron chi connectivity index (χ4n) is 0.200. The van der Waals surface area contributed by atoms with Gasteiger partial charge in [-0.25, -0.2) is 0 Å². The fraction of sp³-hybridized carbons (Fsp3) is 0.750. The summed E-state index contributed by atoms with van der Waals surface area (Å²) in [5, 5.41) is 8.11. The third-order valence-electron chi connectivity index (χ3n) is 0.606. The molecule has 0 saturated heterocycles. The van der Waals surface area contributed by atoms with Crippen LogP contribution in [0.4, 0.5) is 0 Å². The van der Waals surface area contributed by atoms with Gasteiger partial charge in [0, 0.05) is 19.3 Å². The van der Waals surface area contributed by atoms with E-state index in [1.807, 2.05) is 6.19 Å². The van der Waals surface area contributed by atoms with E-state index < -0.39 is 0 Å². The zero-order valence-electron chi connectivity index (χ0n) is 4.26. The Kier molecular flexibility index (Phi) is 3.62. The van der Waals surface area contributed by atoms with E-state index in [-0.39, 0.29) is 0 Å². The lowest BCUT2D eigenvalue weighted by molar-refractivity contribution is 0.508. The van der Waals surface area contributed by atoms with Gasteiger partial charge in [0.1, 0.15) is 0 Å². The molecular formula is C4H8N2S. The fourth-order valence-corrected chi connectivity index (χ4v) is 0.500. The van der Waals surface area contributed by atoms with Gasteiger partial charge < -0.3 is 4.90 Å². The van der Waals surface area contributed by atoms with Crippen LogP contribution in [0.2, 0.25) is 0 Å². The van der Waals surface area contributed by atoms with Crippen molar-refractivity contribution < 1.29 is 0 Å². The predicted molar refractivity (Wildman–Crippen MR) is 32.1 cm³/mol. The average Bonchev–Trinajstić information content (AvgIpc) is 1.68. The Bertz CT molecular complexity index is 76.2. The van der Waals surface area contributed by atoms with E-state index in [0.29, 0.717) is 0 Å². The number of hydrogen-bond acceptors (Lipinski definition) is 3. The van der Waals surface area contributed by atoms with Gasteiger partial charge in [-0.15, -0.1) is 0 Å². The molecule has 0 aliphatic heterocycles. The molecule has 0 saturated carbocycles. The van der Waals surface area contributed by atoms with Crippen molar-refractivity contribution in [3.8, 4) is 6.19 Å². The summed E-state index contributed by atoms with van der Waals surface area (Å²) in [5.74, 6) is 0.740. The van der Waals surface area contributed by atoms with Gasteiger partial charge in [-0.05, 0) is 0 Å². The Balaban J connectivity index is 3.04. The normalized spacial score (nSPS) is 7.57. The van der Waals surface area contributed by atoms with E-state index in [4.69, 9.17) is 5.26 Å². The number of nitriles is 1. The highest BCUT2D eigenvalue weighted by Crippen LogP contribution is 1.77. The zero-order valence-corrected chi connectivity index (χ0v) is 5.15. The molecule has 0 aromatic carbocycles. The molecule has 0 spiro atoms. The molecule has 0 aromatic heterocycles. The molecule has 0 aromatic rings. The molecule has 0 aliphatic rings. The van der Waals surface area contributed by atoms with Crippen molar-refractivity contribution in [1.82, 2.24) is 4.90 Å². The Hall–Kier alpha value is -0.360. The minimum Gasteiger partial charge on any atom is -0.313 e. The molecule has 2 nitrogen and oxygen atoms in total. The van der Waals surface area contributed by atoms with Crippen LogP contribution < -0.4 is 0 Å². The Morgan fingerprint density at radius 1 is 1.86 bits per heavy atom. The molecule has 40 valence electrons. The van der Waals surface area contributed by atoms with Crippen LogP contribution in [0.1, 0.15) is 0 Å². The second-order valence-electron chi connectivity index (χ2n) is 1.25. The third kappa shape index (κ3) is 3.47. The first-order valence-corrected chi connectivity index (χ1v) is 2.66. The maximum absolute atomic E-state index is 8.11. The van der Waals surface area contributed by atoms with Crippen LogP contribution in [-0.2, 0) is 0 Å². The number of nitrogens with zero attached hydrogens (tertiary/aromatic N) is 2. The Morgan fingerprint density at radius 3 is 2.57 bits per heavy atom. The number of thiol groups is 1. The van der Waals surface area contributed by atoms with Crippen molar-refractivity contribution in [2.45, 2.75) is 0 Å². The standard InChI is InChI=1S/C4H8N2S/c1-6(4-5)2-3-7/h7H,2-3H2,1H3. The van der Waals surface area contributed by atoms with Crippen molar-refractivity contribution >= 4 is 12.6 Å². The van der Waals surface area contributed by atoms with E-state index in [9.17, 15) is 0 Å². The molecule has 0 heterocycles.